The van der Waals surface area contributed by atoms with E-state index in [1.54, 1.807) is 12.1 Å². The number of esters is 1. The first kappa shape index (κ1) is 23.3. The Morgan fingerprint density at radius 3 is 2.00 bits per heavy atom. The van der Waals surface area contributed by atoms with E-state index in [4.69, 9.17) is 23.7 Å². The van der Waals surface area contributed by atoms with Gasteiger partial charge >= 0.3 is 5.97 Å². The highest BCUT2D eigenvalue weighted by atomic mass is 16.5. The van der Waals surface area contributed by atoms with E-state index in [1.807, 2.05) is 6.92 Å². The SMILES string of the molecule is CCOc1ccc(C(=O)OCC(=O)NNC(=O)c2ccc(OC)c(OC)c2)cc1OC. The summed E-state index contributed by atoms with van der Waals surface area (Å²) in [6, 6.07) is 9.03. The predicted octanol–water partition coefficient (Wildman–Crippen LogP) is 1.73. The van der Waals surface area contributed by atoms with Crippen molar-refractivity contribution in [2.75, 3.05) is 34.5 Å². The van der Waals surface area contributed by atoms with Gasteiger partial charge in [-0.25, -0.2) is 4.79 Å². The van der Waals surface area contributed by atoms with Gasteiger partial charge in [-0.3, -0.25) is 20.4 Å². The lowest BCUT2D eigenvalue weighted by molar-refractivity contribution is -0.125. The number of amides is 2. The fourth-order valence-corrected chi connectivity index (χ4v) is 2.50. The van der Waals surface area contributed by atoms with E-state index in [1.165, 1.54) is 45.6 Å². The van der Waals surface area contributed by atoms with Gasteiger partial charge in [-0.15, -0.1) is 0 Å². The van der Waals surface area contributed by atoms with Crippen LogP contribution in [0.5, 0.6) is 23.0 Å². The highest BCUT2D eigenvalue weighted by Crippen LogP contribution is 2.28. The zero-order valence-corrected chi connectivity index (χ0v) is 17.6. The second kappa shape index (κ2) is 11.3. The predicted molar refractivity (Wildman–Crippen MR) is 110 cm³/mol. The van der Waals surface area contributed by atoms with Gasteiger partial charge in [0.15, 0.2) is 29.6 Å². The Hall–Kier alpha value is -3.95. The average Bonchev–Trinajstić information content (AvgIpc) is 2.80. The van der Waals surface area contributed by atoms with E-state index in [0.29, 0.717) is 29.6 Å². The van der Waals surface area contributed by atoms with Crippen LogP contribution in [0.1, 0.15) is 27.6 Å². The average molecular weight is 432 g/mol. The molecule has 2 aromatic rings. The molecule has 10 heteroatoms. The van der Waals surface area contributed by atoms with Crippen molar-refractivity contribution in [2.45, 2.75) is 6.92 Å². The normalized spacial score (nSPS) is 9.94. The Bertz CT molecular complexity index is 945. The summed E-state index contributed by atoms with van der Waals surface area (Å²) in [5.74, 6) is -0.373. The molecule has 0 atom stereocenters. The maximum absolute atomic E-state index is 12.2. The maximum Gasteiger partial charge on any atom is 0.338 e. The standard InChI is InChI=1S/C21H24N2O8/c1-5-30-16-9-7-14(11-18(16)29-4)21(26)31-12-19(24)22-23-20(25)13-6-8-15(27-2)17(10-13)28-3/h6-11H,5,12H2,1-4H3,(H,22,24)(H,23,25). The number of carbonyl (C=O) groups is 3. The summed E-state index contributed by atoms with van der Waals surface area (Å²) in [5, 5.41) is 0. The van der Waals surface area contributed by atoms with Gasteiger partial charge in [0.2, 0.25) is 0 Å². The van der Waals surface area contributed by atoms with Crippen LogP contribution in [-0.2, 0) is 9.53 Å². The number of methoxy groups -OCH3 is 3. The number of benzene rings is 2. The van der Waals surface area contributed by atoms with E-state index < -0.39 is 24.4 Å². The Labute approximate surface area is 179 Å². The number of nitrogens with one attached hydrogen (secondary N) is 2. The molecule has 2 rings (SSSR count). The van der Waals surface area contributed by atoms with Crippen molar-refractivity contribution in [3.63, 3.8) is 0 Å². The van der Waals surface area contributed by atoms with Gasteiger partial charge in [0.25, 0.3) is 11.8 Å². The van der Waals surface area contributed by atoms with Crippen LogP contribution in [0.4, 0.5) is 0 Å². The van der Waals surface area contributed by atoms with Crippen LogP contribution in [0.15, 0.2) is 36.4 Å². The van der Waals surface area contributed by atoms with Gasteiger partial charge in [-0.05, 0) is 43.3 Å². The smallest absolute Gasteiger partial charge is 0.338 e. The maximum atomic E-state index is 12.2. The fourth-order valence-electron chi connectivity index (χ4n) is 2.50. The molecule has 2 aromatic carbocycles. The summed E-state index contributed by atoms with van der Waals surface area (Å²) in [6.45, 7) is 1.67. The molecule has 0 aliphatic rings. The third kappa shape index (κ3) is 6.26. The molecule has 10 nitrogen and oxygen atoms in total. The molecular weight excluding hydrogens is 408 g/mol. The second-order valence-corrected chi connectivity index (χ2v) is 5.95. The van der Waals surface area contributed by atoms with Crippen LogP contribution in [0.25, 0.3) is 0 Å². The summed E-state index contributed by atoms with van der Waals surface area (Å²) in [7, 11) is 4.36. The molecule has 0 spiro atoms. The first-order valence-electron chi connectivity index (χ1n) is 9.22. The van der Waals surface area contributed by atoms with Crippen molar-refractivity contribution < 1.29 is 38.1 Å². The third-order valence-corrected chi connectivity index (χ3v) is 3.99. The van der Waals surface area contributed by atoms with E-state index in [2.05, 4.69) is 10.9 Å². The zero-order valence-electron chi connectivity index (χ0n) is 17.6. The van der Waals surface area contributed by atoms with Crippen molar-refractivity contribution in [1.29, 1.82) is 0 Å². The molecule has 0 aliphatic carbocycles. The topological polar surface area (TPSA) is 121 Å². The first-order chi connectivity index (χ1) is 14.9. The van der Waals surface area contributed by atoms with E-state index in [-0.39, 0.29) is 11.1 Å². The fraction of sp³-hybridized carbons (Fsp3) is 0.286. The van der Waals surface area contributed by atoms with Crippen molar-refractivity contribution in [3.8, 4) is 23.0 Å². The highest BCUT2D eigenvalue weighted by Gasteiger charge is 2.15. The van der Waals surface area contributed by atoms with Gasteiger partial charge in [0.1, 0.15) is 0 Å². The monoisotopic (exact) mass is 432 g/mol. The Kier molecular flexibility index (Phi) is 8.50. The molecule has 0 aliphatic heterocycles. The molecule has 0 aromatic heterocycles. The number of hydrazine groups is 1. The molecule has 31 heavy (non-hydrogen) atoms. The lowest BCUT2D eigenvalue weighted by Gasteiger charge is -2.12. The molecule has 0 unspecified atom stereocenters. The summed E-state index contributed by atoms with van der Waals surface area (Å²) >= 11 is 0. The molecule has 0 bridgehead atoms. The lowest BCUT2D eigenvalue weighted by Crippen LogP contribution is -2.43. The summed E-state index contributed by atoms with van der Waals surface area (Å²) in [4.78, 5) is 36.2. The quantitative estimate of drug-likeness (QED) is 0.454. The highest BCUT2D eigenvalue weighted by molar-refractivity contribution is 5.96. The molecule has 0 heterocycles. The minimum atomic E-state index is -0.734. The largest absolute Gasteiger partial charge is 0.493 e. The van der Waals surface area contributed by atoms with Gasteiger partial charge < -0.3 is 23.7 Å². The number of rotatable bonds is 9. The molecule has 166 valence electrons. The summed E-state index contributed by atoms with van der Waals surface area (Å²) < 4.78 is 25.8. The zero-order chi connectivity index (χ0) is 22.8. The minimum absolute atomic E-state index is 0.183. The van der Waals surface area contributed by atoms with Crippen molar-refractivity contribution in [3.05, 3.63) is 47.5 Å². The Morgan fingerprint density at radius 2 is 1.35 bits per heavy atom. The molecule has 0 saturated heterocycles. The minimum Gasteiger partial charge on any atom is -0.493 e. The van der Waals surface area contributed by atoms with Crippen LogP contribution in [0.3, 0.4) is 0 Å². The summed E-state index contributed by atoms with van der Waals surface area (Å²) in [6.07, 6.45) is 0. The lowest BCUT2D eigenvalue weighted by atomic mass is 10.2. The van der Waals surface area contributed by atoms with Crippen LogP contribution >= 0.6 is 0 Å². The molecule has 0 saturated carbocycles. The molecule has 2 amide bonds. The van der Waals surface area contributed by atoms with E-state index >= 15 is 0 Å². The van der Waals surface area contributed by atoms with Gasteiger partial charge in [0.05, 0.1) is 33.5 Å². The van der Waals surface area contributed by atoms with Crippen molar-refractivity contribution in [2.24, 2.45) is 0 Å². The van der Waals surface area contributed by atoms with Crippen LogP contribution in [0.2, 0.25) is 0 Å². The molecule has 0 radical (unpaired) electrons. The molecule has 2 N–H and O–H groups in total. The van der Waals surface area contributed by atoms with Gasteiger partial charge in [-0.2, -0.15) is 0 Å². The van der Waals surface area contributed by atoms with Crippen molar-refractivity contribution in [1.82, 2.24) is 10.9 Å². The number of carbonyl (C=O) groups excluding carboxylic acids is 3. The van der Waals surface area contributed by atoms with E-state index in [9.17, 15) is 14.4 Å². The Morgan fingerprint density at radius 1 is 0.774 bits per heavy atom. The van der Waals surface area contributed by atoms with Crippen LogP contribution < -0.4 is 29.8 Å². The Balaban J connectivity index is 1.88. The molecular formula is C21H24N2O8. The third-order valence-electron chi connectivity index (χ3n) is 3.99. The van der Waals surface area contributed by atoms with E-state index in [0.717, 1.165) is 0 Å². The number of hydrogen-bond donors (Lipinski definition) is 2. The van der Waals surface area contributed by atoms with Gasteiger partial charge in [0, 0.05) is 5.56 Å². The summed E-state index contributed by atoms with van der Waals surface area (Å²) in [5.41, 5.74) is 4.81. The number of ether oxygens (including phenoxy) is 5. The van der Waals surface area contributed by atoms with Crippen molar-refractivity contribution >= 4 is 17.8 Å². The second-order valence-electron chi connectivity index (χ2n) is 5.95. The number of hydrogen-bond acceptors (Lipinski definition) is 8. The molecule has 0 fully saturated rings. The van der Waals surface area contributed by atoms with Crippen LogP contribution in [0, 0.1) is 0 Å². The van der Waals surface area contributed by atoms with Crippen LogP contribution in [-0.4, -0.2) is 52.3 Å². The first-order valence-corrected chi connectivity index (χ1v) is 9.22. The van der Waals surface area contributed by atoms with Gasteiger partial charge in [-0.1, -0.05) is 0 Å².